The second kappa shape index (κ2) is 5.96. The minimum Gasteiger partial charge on any atom is -0.494 e. The Kier molecular flexibility index (Phi) is 4.29. The topological polar surface area (TPSA) is 52.6 Å². The van der Waals surface area contributed by atoms with Gasteiger partial charge in [0.2, 0.25) is 0 Å². The van der Waals surface area contributed by atoms with Crippen molar-refractivity contribution < 1.29 is 17.3 Å². The summed E-state index contributed by atoms with van der Waals surface area (Å²) in [6.07, 6.45) is 0. The van der Waals surface area contributed by atoms with Crippen LogP contribution in [0.1, 0.15) is 12.5 Å². The van der Waals surface area contributed by atoms with E-state index in [4.69, 9.17) is 8.92 Å². The van der Waals surface area contributed by atoms with E-state index >= 15 is 0 Å². The first-order chi connectivity index (χ1) is 9.51. The third kappa shape index (κ3) is 3.51. The van der Waals surface area contributed by atoms with Gasteiger partial charge in [0, 0.05) is 0 Å². The lowest BCUT2D eigenvalue weighted by atomic mass is 10.2. The summed E-state index contributed by atoms with van der Waals surface area (Å²) in [5.41, 5.74) is 1.04. The van der Waals surface area contributed by atoms with Crippen molar-refractivity contribution in [2.24, 2.45) is 0 Å². The van der Waals surface area contributed by atoms with Crippen molar-refractivity contribution in [2.45, 2.75) is 18.7 Å². The van der Waals surface area contributed by atoms with E-state index in [9.17, 15) is 8.42 Å². The van der Waals surface area contributed by atoms with Crippen LogP contribution in [0.15, 0.2) is 53.4 Å². The number of hydrogen-bond acceptors (Lipinski definition) is 4. The van der Waals surface area contributed by atoms with Gasteiger partial charge in [0.1, 0.15) is 16.4 Å². The molecule has 0 saturated heterocycles. The molecule has 0 amide bonds. The average molecular weight is 292 g/mol. The Balaban J connectivity index is 2.19. The average Bonchev–Trinajstić information content (AvgIpc) is 2.42. The molecule has 0 unspecified atom stereocenters. The second-order valence-electron chi connectivity index (χ2n) is 4.25. The highest BCUT2D eigenvalue weighted by atomic mass is 32.2. The van der Waals surface area contributed by atoms with Crippen LogP contribution in [0.4, 0.5) is 0 Å². The molecule has 0 atom stereocenters. The summed E-state index contributed by atoms with van der Waals surface area (Å²) in [4.78, 5) is 0.0986. The Labute approximate surface area is 119 Å². The standard InChI is InChI=1S/C15H16O4S/c1-3-18-13-8-10-15(11-9-13)20(16,17)19-14-6-4-12(2)5-7-14/h4-11H,3H2,1-2H3. The Morgan fingerprint density at radius 3 is 2.00 bits per heavy atom. The highest BCUT2D eigenvalue weighted by Gasteiger charge is 2.16. The van der Waals surface area contributed by atoms with Crippen LogP contribution < -0.4 is 8.92 Å². The van der Waals surface area contributed by atoms with Crippen molar-refractivity contribution in [2.75, 3.05) is 6.61 Å². The molecule has 4 nitrogen and oxygen atoms in total. The Hall–Kier alpha value is -2.01. The SMILES string of the molecule is CCOc1ccc(S(=O)(=O)Oc2ccc(C)cc2)cc1. The van der Waals surface area contributed by atoms with Gasteiger partial charge in [-0.2, -0.15) is 8.42 Å². The molecular weight excluding hydrogens is 276 g/mol. The van der Waals surface area contributed by atoms with Crippen LogP contribution in [0.2, 0.25) is 0 Å². The van der Waals surface area contributed by atoms with Crippen LogP contribution in [0.25, 0.3) is 0 Å². The van der Waals surface area contributed by atoms with Crippen LogP contribution in [0.5, 0.6) is 11.5 Å². The molecule has 0 aliphatic rings. The molecule has 5 heteroatoms. The summed E-state index contributed by atoms with van der Waals surface area (Å²) in [6.45, 7) is 4.32. The Morgan fingerprint density at radius 1 is 0.900 bits per heavy atom. The molecule has 2 rings (SSSR count). The molecule has 0 saturated carbocycles. The number of ether oxygens (including phenoxy) is 1. The fourth-order valence-corrected chi connectivity index (χ4v) is 2.57. The summed E-state index contributed by atoms with van der Waals surface area (Å²) in [7, 11) is -3.81. The molecule has 0 aromatic heterocycles. The van der Waals surface area contributed by atoms with Crippen LogP contribution in [-0.4, -0.2) is 15.0 Å². The van der Waals surface area contributed by atoms with Gasteiger partial charge in [-0.15, -0.1) is 0 Å². The summed E-state index contributed by atoms with van der Waals surface area (Å²) in [5.74, 6) is 0.922. The molecule has 0 spiro atoms. The molecule has 2 aromatic rings. The second-order valence-corrected chi connectivity index (χ2v) is 5.80. The minimum absolute atomic E-state index is 0.0986. The van der Waals surface area contributed by atoms with Gasteiger partial charge in [-0.3, -0.25) is 0 Å². The molecule has 0 bridgehead atoms. The van der Waals surface area contributed by atoms with Crippen molar-refractivity contribution in [3.8, 4) is 11.5 Å². The van der Waals surface area contributed by atoms with E-state index < -0.39 is 10.1 Å². The van der Waals surface area contributed by atoms with Gasteiger partial charge in [-0.1, -0.05) is 17.7 Å². The maximum absolute atomic E-state index is 12.1. The molecule has 20 heavy (non-hydrogen) atoms. The first-order valence-electron chi connectivity index (χ1n) is 6.25. The predicted molar refractivity (Wildman–Crippen MR) is 76.6 cm³/mol. The van der Waals surface area contributed by atoms with Gasteiger partial charge in [-0.05, 0) is 50.2 Å². The quantitative estimate of drug-likeness (QED) is 0.794. The van der Waals surface area contributed by atoms with E-state index in [0.717, 1.165) is 5.56 Å². The third-order valence-corrected chi connectivity index (χ3v) is 3.91. The van der Waals surface area contributed by atoms with Gasteiger partial charge in [-0.25, -0.2) is 0 Å². The van der Waals surface area contributed by atoms with Crippen molar-refractivity contribution in [3.05, 3.63) is 54.1 Å². The lowest BCUT2D eigenvalue weighted by Crippen LogP contribution is -2.09. The summed E-state index contributed by atoms with van der Waals surface area (Å²) >= 11 is 0. The molecule has 106 valence electrons. The fourth-order valence-electron chi connectivity index (χ4n) is 1.64. The van der Waals surface area contributed by atoms with E-state index in [-0.39, 0.29) is 4.90 Å². The summed E-state index contributed by atoms with van der Waals surface area (Å²) in [6, 6.07) is 13.0. The highest BCUT2D eigenvalue weighted by Crippen LogP contribution is 2.21. The van der Waals surface area contributed by atoms with Gasteiger partial charge < -0.3 is 8.92 Å². The van der Waals surface area contributed by atoms with Crippen LogP contribution >= 0.6 is 0 Å². The van der Waals surface area contributed by atoms with Crippen molar-refractivity contribution >= 4 is 10.1 Å². The number of benzene rings is 2. The Bertz CT molecular complexity index is 658. The van der Waals surface area contributed by atoms with Crippen molar-refractivity contribution in [3.63, 3.8) is 0 Å². The monoisotopic (exact) mass is 292 g/mol. The van der Waals surface area contributed by atoms with Gasteiger partial charge >= 0.3 is 10.1 Å². The zero-order chi connectivity index (χ0) is 14.6. The zero-order valence-electron chi connectivity index (χ0n) is 11.4. The van der Waals surface area contributed by atoms with Gasteiger partial charge in [0.25, 0.3) is 0 Å². The van der Waals surface area contributed by atoms with Crippen LogP contribution in [0.3, 0.4) is 0 Å². The zero-order valence-corrected chi connectivity index (χ0v) is 12.2. The van der Waals surface area contributed by atoms with Crippen LogP contribution in [0, 0.1) is 6.92 Å². The molecule has 0 aliphatic heterocycles. The molecule has 0 aliphatic carbocycles. The molecule has 0 N–H and O–H groups in total. The molecule has 2 aromatic carbocycles. The fraction of sp³-hybridized carbons (Fsp3) is 0.200. The van der Waals surface area contributed by atoms with E-state index in [1.54, 1.807) is 36.4 Å². The third-order valence-electron chi connectivity index (χ3n) is 2.65. The lowest BCUT2D eigenvalue weighted by molar-refractivity contribution is 0.340. The molecule has 0 heterocycles. The maximum Gasteiger partial charge on any atom is 0.339 e. The van der Waals surface area contributed by atoms with E-state index in [1.165, 1.54) is 12.1 Å². The van der Waals surface area contributed by atoms with Gasteiger partial charge in [0.15, 0.2) is 0 Å². The normalized spacial score (nSPS) is 11.1. The molecular formula is C15H16O4S. The van der Waals surface area contributed by atoms with Gasteiger partial charge in [0.05, 0.1) is 6.61 Å². The van der Waals surface area contributed by atoms with E-state index in [1.807, 2.05) is 13.8 Å². The van der Waals surface area contributed by atoms with E-state index in [2.05, 4.69) is 0 Å². The number of aryl methyl sites for hydroxylation is 1. The number of hydrogen-bond donors (Lipinski definition) is 0. The largest absolute Gasteiger partial charge is 0.494 e. The smallest absolute Gasteiger partial charge is 0.339 e. The van der Waals surface area contributed by atoms with Crippen molar-refractivity contribution in [1.29, 1.82) is 0 Å². The van der Waals surface area contributed by atoms with E-state index in [0.29, 0.717) is 18.1 Å². The minimum atomic E-state index is -3.81. The summed E-state index contributed by atoms with van der Waals surface area (Å²) < 4.78 is 34.5. The van der Waals surface area contributed by atoms with Crippen molar-refractivity contribution in [1.82, 2.24) is 0 Å². The lowest BCUT2D eigenvalue weighted by Gasteiger charge is -2.08. The number of rotatable bonds is 5. The first-order valence-corrected chi connectivity index (χ1v) is 7.66. The van der Waals surface area contributed by atoms with Crippen LogP contribution in [-0.2, 0) is 10.1 Å². The maximum atomic E-state index is 12.1. The summed E-state index contributed by atoms with van der Waals surface area (Å²) in [5, 5.41) is 0. The first kappa shape index (κ1) is 14.4. The highest BCUT2D eigenvalue weighted by molar-refractivity contribution is 7.87. The Morgan fingerprint density at radius 2 is 1.45 bits per heavy atom. The molecule has 0 fully saturated rings. The molecule has 0 radical (unpaired) electrons. The predicted octanol–water partition coefficient (Wildman–Crippen LogP) is 3.16.